The van der Waals surface area contributed by atoms with Gasteiger partial charge in [0.25, 0.3) is 9.84 Å². The van der Waals surface area contributed by atoms with Crippen LogP contribution in [-0.2, 0) is 16.4 Å². The van der Waals surface area contributed by atoms with Gasteiger partial charge in [-0.2, -0.15) is 13.2 Å². The number of nitrogens with one attached hydrogen (secondary N) is 2. The third-order valence-electron chi connectivity index (χ3n) is 10.9. The van der Waals surface area contributed by atoms with Crippen molar-refractivity contribution in [3.8, 4) is 22.4 Å². The lowest BCUT2D eigenvalue weighted by atomic mass is 9.96. The van der Waals surface area contributed by atoms with Gasteiger partial charge in [-0.25, -0.2) is 13.2 Å². The fourth-order valence-corrected chi connectivity index (χ4v) is 10.3. The number of carboxylic acids is 1. The molecule has 5 aromatic carbocycles. The van der Waals surface area contributed by atoms with Gasteiger partial charge in [0.05, 0.1) is 16.9 Å². The Morgan fingerprint density at radius 2 is 1.49 bits per heavy atom. The number of alkyl halides is 3. The van der Waals surface area contributed by atoms with Gasteiger partial charge in [0.2, 0.25) is 0 Å². The average molecular weight is 935 g/mol. The lowest BCUT2D eigenvalue weighted by molar-refractivity contribution is -0.0435. The van der Waals surface area contributed by atoms with Gasteiger partial charge in [-0.15, -0.1) is 11.8 Å². The number of rotatable bonds is 17. The molecule has 9 nitrogen and oxygen atoms in total. The monoisotopic (exact) mass is 933 g/mol. The molecule has 1 fully saturated rings. The molecule has 330 valence electrons. The van der Waals surface area contributed by atoms with E-state index in [4.69, 9.17) is 11.6 Å². The van der Waals surface area contributed by atoms with Crippen LogP contribution >= 0.6 is 35.3 Å². The Balaban J connectivity index is 1.01. The molecular weight excluding hydrogens is 887 g/mol. The van der Waals surface area contributed by atoms with Gasteiger partial charge in [-0.1, -0.05) is 67.4 Å². The second kappa shape index (κ2) is 20.1. The molecule has 1 aromatic heterocycles. The number of carbonyl (C=O) groups is 1. The van der Waals surface area contributed by atoms with Crippen LogP contribution in [0.4, 0.5) is 35.9 Å². The van der Waals surface area contributed by atoms with E-state index in [1.807, 2.05) is 97.9 Å². The second-order valence-electron chi connectivity index (χ2n) is 15.0. The summed E-state index contributed by atoms with van der Waals surface area (Å²) in [5, 5.41) is 14.0. The number of nitrogens with zero attached hydrogens (tertiary/aromatic N) is 3. The molecule has 0 spiro atoms. The van der Waals surface area contributed by atoms with E-state index in [1.54, 1.807) is 6.07 Å². The predicted molar refractivity (Wildman–Crippen MR) is 253 cm³/mol. The highest BCUT2D eigenvalue weighted by molar-refractivity contribution is 8.00. The summed E-state index contributed by atoms with van der Waals surface area (Å²) in [7, 11) is -5.62. The maximum atomic E-state index is 13.8. The Hall–Kier alpha value is -5.22. The van der Waals surface area contributed by atoms with Gasteiger partial charge in [-0.3, -0.25) is 0 Å². The summed E-state index contributed by atoms with van der Waals surface area (Å²) in [5.74, 6) is -0.449. The maximum absolute atomic E-state index is 13.8. The van der Waals surface area contributed by atoms with Crippen LogP contribution in [0.15, 0.2) is 136 Å². The number of piperazine rings is 1. The molecule has 0 aliphatic carbocycles. The lowest BCUT2D eigenvalue weighted by Gasteiger charge is -2.37. The van der Waals surface area contributed by atoms with Crippen LogP contribution in [0, 0.1) is 6.92 Å². The van der Waals surface area contributed by atoms with E-state index in [0.29, 0.717) is 44.7 Å². The third kappa shape index (κ3) is 10.6. The average Bonchev–Trinajstić information content (AvgIpc) is 3.58. The van der Waals surface area contributed by atoms with E-state index >= 15 is 0 Å². The molecule has 1 aliphatic heterocycles. The van der Waals surface area contributed by atoms with Crippen LogP contribution in [0.2, 0.25) is 5.02 Å². The minimum absolute atomic E-state index is 0.106. The number of aromatic carboxylic acids is 1. The fraction of sp³-hybridized carbons (Fsp3) is 0.255. The van der Waals surface area contributed by atoms with Crippen LogP contribution in [0.3, 0.4) is 0 Å². The molecule has 0 saturated carbocycles. The predicted octanol–water partition coefficient (Wildman–Crippen LogP) is 12.2. The lowest BCUT2D eigenvalue weighted by Crippen LogP contribution is -2.46. The van der Waals surface area contributed by atoms with Gasteiger partial charge >= 0.3 is 11.5 Å². The SMILES string of the molecule is CCCCn1c(C)c(C(=O)O)c(-c2cccc(N3CCN(c4ccc(NSc5ccc(NCCSc6ccccc6)c(S(=O)(=O)C(F)(F)F)c5)cc4)CC3)c2)c1-c1ccc(Cl)cc1. The Kier molecular flexibility index (Phi) is 14.6. The number of unbranched alkanes of at least 4 members (excludes halogenated alkanes) is 1. The summed E-state index contributed by atoms with van der Waals surface area (Å²) in [6.45, 7) is 7.87. The smallest absolute Gasteiger partial charge is 0.478 e. The van der Waals surface area contributed by atoms with E-state index < -0.39 is 26.2 Å². The van der Waals surface area contributed by atoms with Crippen molar-refractivity contribution >= 4 is 73.9 Å². The number of hydrogen-bond donors (Lipinski definition) is 3. The minimum Gasteiger partial charge on any atom is -0.478 e. The number of aromatic nitrogens is 1. The van der Waals surface area contributed by atoms with Crippen LogP contribution in [0.5, 0.6) is 0 Å². The molecule has 0 bridgehead atoms. The number of anilines is 4. The molecule has 0 atom stereocenters. The normalized spacial score (nSPS) is 13.3. The van der Waals surface area contributed by atoms with E-state index in [9.17, 15) is 31.5 Å². The zero-order chi connectivity index (χ0) is 44.7. The molecule has 16 heteroatoms. The molecule has 0 radical (unpaired) electrons. The van der Waals surface area contributed by atoms with Crippen molar-refractivity contribution in [2.24, 2.45) is 0 Å². The van der Waals surface area contributed by atoms with Gasteiger partial charge < -0.3 is 29.5 Å². The summed E-state index contributed by atoms with van der Waals surface area (Å²) in [4.78, 5) is 17.9. The van der Waals surface area contributed by atoms with E-state index in [1.165, 1.54) is 17.8 Å². The maximum Gasteiger partial charge on any atom is 0.501 e. The first-order valence-electron chi connectivity index (χ1n) is 20.5. The number of carboxylic acid groups (broad SMARTS) is 1. The third-order valence-corrected chi connectivity index (χ3v) is 14.5. The highest BCUT2D eigenvalue weighted by atomic mass is 35.5. The number of thioether (sulfide) groups is 1. The van der Waals surface area contributed by atoms with Gasteiger partial charge in [0, 0.05) is 88.2 Å². The van der Waals surface area contributed by atoms with Crippen molar-refractivity contribution in [1.29, 1.82) is 0 Å². The zero-order valence-electron chi connectivity index (χ0n) is 34.7. The fourth-order valence-electron chi connectivity index (χ4n) is 7.65. The quantitative estimate of drug-likeness (QED) is 0.0465. The van der Waals surface area contributed by atoms with Crippen molar-refractivity contribution < 1.29 is 31.5 Å². The molecule has 7 rings (SSSR count). The van der Waals surface area contributed by atoms with Crippen LogP contribution in [-0.4, -0.2) is 68.0 Å². The van der Waals surface area contributed by atoms with Crippen molar-refractivity contribution in [3.63, 3.8) is 0 Å². The van der Waals surface area contributed by atoms with Crippen molar-refractivity contribution in [3.05, 3.63) is 138 Å². The summed E-state index contributed by atoms with van der Waals surface area (Å²) < 4.78 is 71.8. The van der Waals surface area contributed by atoms with Gasteiger partial charge in [0.15, 0.2) is 0 Å². The largest absolute Gasteiger partial charge is 0.501 e. The second-order valence-corrected chi connectivity index (χ2v) is 19.4. The first-order chi connectivity index (χ1) is 30.2. The number of benzene rings is 5. The summed E-state index contributed by atoms with van der Waals surface area (Å²) in [6, 6.07) is 36.8. The standard InChI is InChI=1S/C47H47ClF3N5O4S3/c1-3-4-24-56-32(2)43(46(57)58)44(45(56)33-13-15-35(48)16-14-33)34-9-8-10-38(30-34)55-27-25-54(26-28-55)37-19-17-36(18-20-37)53-62-40-21-22-41(42(31-40)63(59,60)47(49,50)51)52-23-29-61-39-11-6-5-7-12-39/h5-22,30-31,52-53H,3-4,23-29H2,1-2H3,(H,57,58). The summed E-state index contributed by atoms with van der Waals surface area (Å²) in [5.41, 5.74) is 1.42. The van der Waals surface area contributed by atoms with E-state index in [-0.39, 0.29) is 12.2 Å². The van der Waals surface area contributed by atoms with Crippen molar-refractivity contribution in [2.75, 3.05) is 58.3 Å². The van der Waals surface area contributed by atoms with Gasteiger partial charge in [0.1, 0.15) is 4.90 Å². The first-order valence-corrected chi connectivity index (χ1v) is 24.1. The van der Waals surface area contributed by atoms with E-state index in [2.05, 4.69) is 43.5 Å². The van der Waals surface area contributed by atoms with Crippen LogP contribution < -0.4 is 19.8 Å². The number of sulfone groups is 1. The van der Waals surface area contributed by atoms with Crippen molar-refractivity contribution in [1.82, 2.24) is 4.57 Å². The molecule has 1 saturated heterocycles. The minimum atomic E-state index is -5.62. The Bertz CT molecular complexity index is 2640. The highest BCUT2D eigenvalue weighted by Crippen LogP contribution is 2.42. The zero-order valence-corrected chi connectivity index (χ0v) is 37.9. The van der Waals surface area contributed by atoms with Gasteiger partial charge in [-0.05, 0) is 115 Å². The molecular formula is C47H47ClF3N5O4S3. The topological polar surface area (TPSA) is 107 Å². The van der Waals surface area contributed by atoms with Crippen LogP contribution in [0.25, 0.3) is 22.4 Å². The molecule has 1 aliphatic rings. The first kappa shape index (κ1) is 45.8. The van der Waals surface area contributed by atoms with Crippen molar-refractivity contribution in [2.45, 2.75) is 53.4 Å². The molecule has 2 heterocycles. The molecule has 0 unspecified atom stereocenters. The Morgan fingerprint density at radius 1 is 0.810 bits per heavy atom. The molecule has 0 amide bonds. The summed E-state index contributed by atoms with van der Waals surface area (Å²) in [6.07, 6.45) is 1.87. The molecule has 63 heavy (non-hydrogen) atoms. The van der Waals surface area contributed by atoms with E-state index in [0.717, 1.165) is 90.1 Å². The highest BCUT2D eigenvalue weighted by Gasteiger charge is 2.48. The number of halogens is 4. The summed E-state index contributed by atoms with van der Waals surface area (Å²) >= 11 is 8.79. The molecule has 3 N–H and O–H groups in total. The molecule has 6 aromatic rings. The Morgan fingerprint density at radius 3 is 2.14 bits per heavy atom. The number of hydrogen-bond acceptors (Lipinski definition) is 9. The van der Waals surface area contributed by atoms with Crippen LogP contribution in [0.1, 0.15) is 35.8 Å². The Labute approximate surface area is 379 Å².